The first-order valence-electron chi connectivity index (χ1n) is 8.45. The number of H-pyrrole nitrogens is 1. The normalized spacial score (nSPS) is 14.2. The van der Waals surface area contributed by atoms with E-state index in [-0.39, 0.29) is 30.0 Å². The van der Waals surface area contributed by atoms with Crippen molar-refractivity contribution in [2.24, 2.45) is 0 Å². The number of benzene rings is 1. The van der Waals surface area contributed by atoms with Crippen LogP contribution in [0.1, 0.15) is 16.8 Å². The number of hydrogen-bond donors (Lipinski definition) is 1. The van der Waals surface area contributed by atoms with E-state index in [1.54, 1.807) is 12.1 Å². The molecule has 1 aliphatic heterocycles. The van der Waals surface area contributed by atoms with Crippen molar-refractivity contribution in [3.63, 3.8) is 0 Å². The summed E-state index contributed by atoms with van der Waals surface area (Å²) in [4.78, 5) is 21.5. The van der Waals surface area contributed by atoms with Crippen molar-refractivity contribution in [3.05, 3.63) is 69.3 Å². The second-order valence-corrected chi connectivity index (χ2v) is 6.35. The van der Waals surface area contributed by atoms with Gasteiger partial charge >= 0.3 is 0 Å². The number of fused-ring (bicyclic) bond motifs is 1. The number of aromatic amines is 1. The zero-order chi connectivity index (χ0) is 19.0. The second-order valence-electron chi connectivity index (χ2n) is 6.35. The maximum absolute atomic E-state index is 14.2. The highest BCUT2D eigenvalue weighted by Gasteiger charge is 2.24. The van der Waals surface area contributed by atoms with E-state index < -0.39 is 11.6 Å². The van der Waals surface area contributed by atoms with Crippen LogP contribution >= 0.6 is 0 Å². The molecule has 27 heavy (non-hydrogen) atoms. The number of halogens is 2. The van der Waals surface area contributed by atoms with Gasteiger partial charge < -0.3 is 14.1 Å². The maximum atomic E-state index is 14.2. The van der Waals surface area contributed by atoms with Crippen LogP contribution in [0.3, 0.4) is 0 Å². The summed E-state index contributed by atoms with van der Waals surface area (Å²) in [6.07, 6.45) is 2.01. The van der Waals surface area contributed by atoms with Crippen molar-refractivity contribution in [2.45, 2.75) is 19.5 Å². The highest BCUT2D eigenvalue weighted by Crippen LogP contribution is 2.24. The monoisotopic (exact) mass is 373 g/mol. The van der Waals surface area contributed by atoms with Crippen LogP contribution in [0, 0.1) is 11.6 Å². The Bertz CT molecular complexity index is 1010. The molecule has 140 valence electrons. The van der Waals surface area contributed by atoms with Crippen molar-refractivity contribution >= 4 is 0 Å². The van der Waals surface area contributed by atoms with E-state index >= 15 is 0 Å². The average Bonchev–Trinajstić information content (AvgIpc) is 3.19. The molecule has 0 unspecified atom stereocenters. The summed E-state index contributed by atoms with van der Waals surface area (Å²) in [7, 11) is 1.35. The highest BCUT2D eigenvalue weighted by atomic mass is 19.1. The molecule has 6 nitrogen and oxygen atoms in total. The van der Waals surface area contributed by atoms with Gasteiger partial charge in [0.05, 0.1) is 24.6 Å². The van der Waals surface area contributed by atoms with Gasteiger partial charge in [-0.05, 0) is 12.1 Å². The first kappa shape index (κ1) is 17.4. The molecule has 0 saturated carbocycles. The third-order valence-electron chi connectivity index (χ3n) is 4.63. The van der Waals surface area contributed by atoms with Gasteiger partial charge in [-0.3, -0.25) is 9.69 Å². The molecule has 8 heteroatoms. The lowest BCUT2D eigenvalue weighted by Gasteiger charge is -2.28. The Morgan fingerprint density at radius 2 is 2.11 bits per heavy atom. The van der Waals surface area contributed by atoms with Gasteiger partial charge in [0.25, 0.3) is 5.56 Å². The van der Waals surface area contributed by atoms with E-state index in [0.717, 1.165) is 12.1 Å². The van der Waals surface area contributed by atoms with E-state index in [0.29, 0.717) is 35.8 Å². The molecular formula is C19H17F2N3O3. The Hall–Kier alpha value is -3.00. The molecule has 1 aliphatic rings. The molecule has 0 saturated heterocycles. The van der Waals surface area contributed by atoms with Crippen LogP contribution in [0.4, 0.5) is 8.78 Å². The lowest BCUT2D eigenvalue weighted by Crippen LogP contribution is -2.35. The molecule has 1 aromatic carbocycles. The molecule has 0 bridgehead atoms. The molecule has 1 N–H and O–H groups in total. The number of furan rings is 1. The minimum absolute atomic E-state index is 0.0455. The fourth-order valence-electron chi connectivity index (χ4n) is 3.22. The van der Waals surface area contributed by atoms with Gasteiger partial charge in [0.15, 0.2) is 11.6 Å². The van der Waals surface area contributed by atoms with E-state index in [1.165, 1.54) is 13.4 Å². The lowest BCUT2D eigenvalue weighted by atomic mass is 10.1. The fraction of sp³-hybridized carbons (Fsp3) is 0.263. The molecule has 0 amide bonds. The first-order valence-corrected chi connectivity index (χ1v) is 8.45. The summed E-state index contributed by atoms with van der Waals surface area (Å²) in [6.45, 7) is 0.855. The maximum Gasteiger partial charge on any atom is 0.256 e. The number of hydrogen-bond acceptors (Lipinski definition) is 5. The first-order chi connectivity index (χ1) is 13.0. The lowest BCUT2D eigenvalue weighted by molar-refractivity contribution is 0.234. The Morgan fingerprint density at radius 3 is 2.78 bits per heavy atom. The fourth-order valence-corrected chi connectivity index (χ4v) is 3.22. The van der Waals surface area contributed by atoms with Crippen LogP contribution in [-0.2, 0) is 19.5 Å². The predicted octanol–water partition coefficient (Wildman–Crippen LogP) is 2.88. The predicted molar refractivity (Wildman–Crippen MR) is 93.3 cm³/mol. The number of ether oxygens (including phenoxy) is 1. The SMILES string of the molecule is COc1cc(F)c(CN2CCc3nc(-c4ccco4)[nH]c(=O)c3C2)c(F)c1. The topological polar surface area (TPSA) is 71.4 Å². The summed E-state index contributed by atoms with van der Waals surface area (Å²) in [5.41, 5.74) is 0.866. The van der Waals surface area contributed by atoms with Gasteiger partial charge in [0.1, 0.15) is 17.4 Å². The van der Waals surface area contributed by atoms with E-state index in [4.69, 9.17) is 9.15 Å². The molecule has 4 rings (SSSR count). The summed E-state index contributed by atoms with van der Waals surface area (Å²) in [5, 5.41) is 0. The average molecular weight is 373 g/mol. The van der Waals surface area contributed by atoms with Crippen LogP contribution < -0.4 is 10.3 Å². The summed E-state index contributed by atoms with van der Waals surface area (Å²) in [5.74, 6) is -0.344. The number of rotatable bonds is 4. The Kier molecular flexibility index (Phi) is 4.49. The van der Waals surface area contributed by atoms with E-state index in [2.05, 4.69) is 9.97 Å². The summed E-state index contributed by atoms with van der Waals surface area (Å²) in [6, 6.07) is 5.74. The van der Waals surface area contributed by atoms with Crippen LogP contribution in [0.2, 0.25) is 0 Å². The quantitative estimate of drug-likeness (QED) is 0.762. The molecular weight excluding hydrogens is 356 g/mol. The summed E-state index contributed by atoms with van der Waals surface area (Å²) >= 11 is 0. The largest absolute Gasteiger partial charge is 0.497 e. The zero-order valence-electron chi connectivity index (χ0n) is 14.6. The van der Waals surface area contributed by atoms with Crippen molar-refractivity contribution in [2.75, 3.05) is 13.7 Å². The third kappa shape index (κ3) is 3.35. The smallest absolute Gasteiger partial charge is 0.256 e. The Balaban J connectivity index is 1.58. The van der Waals surface area contributed by atoms with Gasteiger partial charge in [-0.15, -0.1) is 0 Å². The molecule has 3 aromatic rings. The molecule has 0 fully saturated rings. The number of nitrogens with one attached hydrogen (secondary N) is 1. The molecule has 2 aromatic heterocycles. The van der Waals surface area contributed by atoms with Crippen molar-refractivity contribution in [1.29, 1.82) is 0 Å². The van der Waals surface area contributed by atoms with Crippen LogP contribution in [0.15, 0.2) is 39.7 Å². The number of aromatic nitrogens is 2. The van der Waals surface area contributed by atoms with E-state index in [9.17, 15) is 13.6 Å². The Morgan fingerprint density at radius 1 is 1.33 bits per heavy atom. The minimum Gasteiger partial charge on any atom is -0.497 e. The van der Waals surface area contributed by atoms with Crippen LogP contribution in [0.5, 0.6) is 5.75 Å². The summed E-state index contributed by atoms with van der Waals surface area (Å²) < 4.78 is 38.5. The van der Waals surface area contributed by atoms with Crippen molar-refractivity contribution < 1.29 is 17.9 Å². The second kappa shape index (κ2) is 6.96. The van der Waals surface area contributed by atoms with Crippen molar-refractivity contribution in [3.8, 4) is 17.3 Å². The highest BCUT2D eigenvalue weighted by molar-refractivity contribution is 5.47. The third-order valence-corrected chi connectivity index (χ3v) is 4.63. The zero-order valence-corrected chi connectivity index (χ0v) is 14.6. The van der Waals surface area contributed by atoms with Gasteiger partial charge in [0, 0.05) is 43.8 Å². The molecule has 3 heterocycles. The van der Waals surface area contributed by atoms with Gasteiger partial charge in [-0.25, -0.2) is 13.8 Å². The molecule has 0 radical (unpaired) electrons. The minimum atomic E-state index is -0.669. The van der Waals surface area contributed by atoms with Crippen LogP contribution in [-0.4, -0.2) is 28.5 Å². The molecule has 0 aliphatic carbocycles. The number of methoxy groups -OCH3 is 1. The van der Waals surface area contributed by atoms with E-state index in [1.807, 2.05) is 4.90 Å². The van der Waals surface area contributed by atoms with Gasteiger partial charge in [-0.1, -0.05) is 0 Å². The number of nitrogens with zero attached hydrogens (tertiary/aromatic N) is 2. The van der Waals surface area contributed by atoms with Gasteiger partial charge in [-0.2, -0.15) is 0 Å². The standard InChI is InChI=1S/C19H17F2N3O3/c1-26-11-7-14(20)12(15(21)8-11)9-24-5-4-16-13(10-24)19(25)23-18(22-16)17-3-2-6-27-17/h2-3,6-8H,4-5,9-10H2,1H3,(H,22,23,25). The Labute approximate surface area is 153 Å². The van der Waals surface area contributed by atoms with Gasteiger partial charge in [0.2, 0.25) is 0 Å². The van der Waals surface area contributed by atoms with Crippen LogP contribution in [0.25, 0.3) is 11.6 Å². The van der Waals surface area contributed by atoms with Crippen molar-refractivity contribution in [1.82, 2.24) is 14.9 Å². The molecule has 0 atom stereocenters. The molecule has 0 spiro atoms.